The van der Waals surface area contributed by atoms with Crippen LogP contribution in [0.4, 0.5) is 0 Å². The maximum absolute atomic E-state index is 13.0. The summed E-state index contributed by atoms with van der Waals surface area (Å²) in [5, 5.41) is 5.46. The molecule has 0 radical (unpaired) electrons. The number of likely N-dealkylation sites (tertiary alicyclic amines) is 1. The second-order valence-electron chi connectivity index (χ2n) is 8.34. The van der Waals surface area contributed by atoms with Gasteiger partial charge in [0.25, 0.3) is 5.91 Å². The molecule has 0 spiro atoms. The highest BCUT2D eigenvalue weighted by atomic mass is 16.5. The third kappa shape index (κ3) is 3.25. The van der Waals surface area contributed by atoms with Gasteiger partial charge in [0.2, 0.25) is 0 Å². The largest absolute Gasteiger partial charge is 0.381 e. The minimum Gasteiger partial charge on any atom is -0.381 e. The molecule has 0 N–H and O–H groups in total. The van der Waals surface area contributed by atoms with E-state index in [0.717, 1.165) is 56.0 Å². The number of fused-ring (bicyclic) bond motifs is 1. The van der Waals surface area contributed by atoms with E-state index in [0.29, 0.717) is 17.8 Å². The number of ether oxygens (including phenoxy) is 1. The van der Waals surface area contributed by atoms with Crippen LogP contribution in [0.2, 0.25) is 0 Å². The fourth-order valence-corrected chi connectivity index (χ4v) is 4.56. The molecule has 3 fully saturated rings. The molecular weight excluding hydrogens is 340 g/mol. The molecule has 1 aliphatic carbocycles. The Kier molecular flexibility index (Phi) is 4.40. The van der Waals surface area contributed by atoms with Crippen molar-refractivity contribution in [3.8, 4) is 0 Å². The molecule has 1 saturated carbocycles. The van der Waals surface area contributed by atoms with Gasteiger partial charge in [-0.1, -0.05) is 18.2 Å². The molecule has 5 rings (SSSR count). The van der Waals surface area contributed by atoms with E-state index in [-0.39, 0.29) is 5.91 Å². The molecule has 2 aromatic rings. The lowest BCUT2D eigenvalue weighted by atomic mass is 9.98. The van der Waals surface area contributed by atoms with Crippen molar-refractivity contribution in [2.24, 2.45) is 13.0 Å². The van der Waals surface area contributed by atoms with E-state index in [2.05, 4.69) is 10.00 Å². The normalized spacial score (nSPS) is 21.8. The lowest BCUT2D eigenvalue weighted by Gasteiger charge is -2.49. The zero-order chi connectivity index (χ0) is 18.4. The van der Waals surface area contributed by atoms with Crippen molar-refractivity contribution < 1.29 is 9.53 Å². The highest BCUT2D eigenvalue weighted by Gasteiger charge is 2.41. The number of hydrogen-bond acceptors (Lipinski definition) is 4. The number of aryl methyl sites for hydroxylation is 1. The molecule has 1 aromatic carbocycles. The zero-order valence-electron chi connectivity index (χ0n) is 16.0. The zero-order valence-corrected chi connectivity index (χ0v) is 16.0. The van der Waals surface area contributed by atoms with Gasteiger partial charge in [-0.15, -0.1) is 0 Å². The Morgan fingerprint density at radius 2 is 1.89 bits per heavy atom. The van der Waals surface area contributed by atoms with Crippen LogP contribution in [0.5, 0.6) is 0 Å². The second-order valence-corrected chi connectivity index (χ2v) is 8.34. The van der Waals surface area contributed by atoms with Gasteiger partial charge in [0.05, 0.1) is 5.52 Å². The summed E-state index contributed by atoms with van der Waals surface area (Å²) in [6, 6.07) is 9.09. The standard InChI is InChI=1S/C21H28N4O2/c1-23-19-5-3-2-4-18(19)20(22-23)21(26)24-13-17(14-24)25(12-15-6-7-15)16-8-10-27-11-9-16/h2-5,15-17H,6-14H2,1H3. The molecule has 3 aliphatic rings. The number of nitrogens with zero attached hydrogens (tertiary/aromatic N) is 4. The number of para-hydroxylation sites is 1. The lowest BCUT2D eigenvalue weighted by molar-refractivity contribution is -0.0268. The van der Waals surface area contributed by atoms with E-state index >= 15 is 0 Å². The minimum absolute atomic E-state index is 0.0707. The maximum atomic E-state index is 13.0. The molecule has 2 aliphatic heterocycles. The summed E-state index contributed by atoms with van der Waals surface area (Å²) in [6.07, 6.45) is 4.99. The van der Waals surface area contributed by atoms with Crippen molar-refractivity contribution in [1.82, 2.24) is 19.6 Å². The van der Waals surface area contributed by atoms with Crippen LogP contribution in [-0.2, 0) is 11.8 Å². The van der Waals surface area contributed by atoms with Crippen LogP contribution >= 0.6 is 0 Å². The topological polar surface area (TPSA) is 50.6 Å². The van der Waals surface area contributed by atoms with Crippen molar-refractivity contribution in [2.75, 3.05) is 32.8 Å². The molecule has 27 heavy (non-hydrogen) atoms. The smallest absolute Gasteiger partial charge is 0.275 e. The van der Waals surface area contributed by atoms with Crippen LogP contribution in [0.15, 0.2) is 24.3 Å². The monoisotopic (exact) mass is 368 g/mol. The summed E-state index contributed by atoms with van der Waals surface area (Å²) in [4.78, 5) is 17.7. The molecular formula is C21H28N4O2. The Labute approximate surface area is 160 Å². The van der Waals surface area contributed by atoms with E-state index < -0.39 is 0 Å². The fraction of sp³-hybridized carbons (Fsp3) is 0.619. The molecule has 6 heteroatoms. The van der Waals surface area contributed by atoms with Gasteiger partial charge in [-0.2, -0.15) is 5.10 Å². The van der Waals surface area contributed by atoms with E-state index in [1.807, 2.05) is 36.2 Å². The van der Waals surface area contributed by atoms with Crippen molar-refractivity contribution in [2.45, 2.75) is 37.8 Å². The maximum Gasteiger partial charge on any atom is 0.275 e. The minimum atomic E-state index is 0.0707. The predicted octanol–water partition coefficient (Wildman–Crippen LogP) is 2.29. The molecule has 1 aromatic heterocycles. The van der Waals surface area contributed by atoms with Gasteiger partial charge in [-0.3, -0.25) is 14.4 Å². The number of aromatic nitrogens is 2. The molecule has 0 atom stereocenters. The van der Waals surface area contributed by atoms with Gasteiger partial charge in [-0.25, -0.2) is 0 Å². The van der Waals surface area contributed by atoms with Crippen LogP contribution in [0.1, 0.15) is 36.2 Å². The summed E-state index contributed by atoms with van der Waals surface area (Å²) >= 11 is 0. The summed E-state index contributed by atoms with van der Waals surface area (Å²) < 4.78 is 7.37. The number of rotatable bonds is 5. The molecule has 0 bridgehead atoms. The van der Waals surface area contributed by atoms with Crippen LogP contribution in [0.25, 0.3) is 10.9 Å². The molecule has 0 unspecified atom stereocenters. The van der Waals surface area contributed by atoms with Crippen LogP contribution in [0.3, 0.4) is 0 Å². The first-order chi connectivity index (χ1) is 13.2. The summed E-state index contributed by atoms with van der Waals surface area (Å²) in [7, 11) is 1.90. The van der Waals surface area contributed by atoms with E-state index in [1.165, 1.54) is 19.4 Å². The SMILES string of the molecule is Cn1nc(C(=O)N2CC(N(CC3CC3)C3CCOCC3)C2)c2ccccc21. The Morgan fingerprint density at radius 3 is 2.63 bits per heavy atom. The van der Waals surface area contributed by atoms with Gasteiger partial charge in [0, 0.05) is 57.4 Å². The molecule has 1 amide bonds. The Morgan fingerprint density at radius 1 is 1.15 bits per heavy atom. The summed E-state index contributed by atoms with van der Waals surface area (Å²) in [5.74, 6) is 0.943. The Bertz CT molecular complexity index is 832. The van der Waals surface area contributed by atoms with E-state index in [4.69, 9.17) is 4.74 Å². The van der Waals surface area contributed by atoms with E-state index in [1.54, 1.807) is 4.68 Å². The summed E-state index contributed by atoms with van der Waals surface area (Å²) in [6.45, 7) is 4.60. The number of amides is 1. The summed E-state index contributed by atoms with van der Waals surface area (Å²) in [5.41, 5.74) is 1.60. The van der Waals surface area contributed by atoms with Gasteiger partial charge < -0.3 is 9.64 Å². The van der Waals surface area contributed by atoms with Crippen molar-refractivity contribution in [3.05, 3.63) is 30.0 Å². The second kappa shape index (κ2) is 6.91. The first-order valence-corrected chi connectivity index (χ1v) is 10.2. The van der Waals surface area contributed by atoms with Gasteiger partial charge in [-0.05, 0) is 37.7 Å². The predicted molar refractivity (Wildman–Crippen MR) is 104 cm³/mol. The van der Waals surface area contributed by atoms with Crippen LogP contribution in [-0.4, -0.2) is 70.4 Å². The molecule has 144 valence electrons. The van der Waals surface area contributed by atoms with Crippen molar-refractivity contribution in [3.63, 3.8) is 0 Å². The molecule has 2 saturated heterocycles. The molecule has 6 nitrogen and oxygen atoms in total. The van der Waals surface area contributed by atoms with Crippen molar-refractivity contribution in [1.29, 1.82) is 0 Å². The Hall–Kier alpha value is -1.92. The average molecular weight is 368 g/mol. The lowest BCUT2D eigenvalue weighted by Crippen LogP contribution is -2.64. The van der Waals surface area contributed by atoms with Crippen LogP contribution < -0.4 is 0 Å². The van der Waals surface area contributed by atoms with Gasteiger partial charge in [0.1, 0.15) is 0 Å². The number of benzene rings is 1. The highest BCUT2D eigenvalue weighted by molar-refractivity contribution is 6.05. The highest BCUT2D eigenvalue weighted by Crippen LogP contribution is 2.34. The number of carbonyl (C=O) groups excluding carboxylic acids is 1. The molecule has 3 heterocycles. The first kappa shape index (κ1) is 17.2. The third-order valence-electron chi connectivity index (χ3n) is 6.40. The number of carbonyl (C=O) groups is 1. The van der Waals surface area contributed by atoms with Crippen LogP contribution in [0, 0.1) is 5.92 Å². The van der Waals surface area contributed by atoms with Gasteiger partial charge in [0.15, 0.2) is 5.69 Å². The number of hydrogen-bond donors (Lipinski definition) is 0. The van der Waals surface area contributed by atoms with Crippen molar-refractivity contribution >= 4 is 16.8 Å². The van der Waals surface area contributed by atoms with Gasteiger partial charge >= 0.3 is 0 Å². The quantitative estimate of drug-likeness (QED) is 0.813. The first-order valence-electron chi connectivity index (χ1n) is 10.2. The fourth-order valence-electron chi connectivity index (χ4n) is 4.56. The Balaban J connectivity index is 1.28. The third-order valence-corrected chi connectivity index (χ3v) is 6.40. The van der Waals surface area contributed by atoms with E-state index in [9.17, 15) is 4.79 Å². The average Bonchev–Trinajstić information content (AvgIpc) is 3.42.